The smallest absolute Gasteiger partial charge is 0.414 e. The average molecular weight is 356 g/mol. The molecule has 0 saturated heterocycles. The lowest BCUT2D eigenvalue weighted by molar-refractivity contribution is -0.159. The zero-order chi connectivity index (χ0) is 12.6. The van der Waals surface area contributed by atoms with Crippen molar-refractivity contribution in [3.8, 4) is 0 Å². The van der Waals surface area contributed by atoms with Gasteiger partial charge in [-0.15, -0.1) is 0 Å². The van der Waals surface area contributed by atoms with E-state index in [1.807, 2.05) is 24.3 Å². The summed E-state index contributed by atoms with van der Waals surface area (Å²) in [6.07, 6.45) is 0. The lowest BCUT2D eigenvalue weighted by Gasteiger charge is -2.03. The van der Waals surface area contributed by atoms with Crippen molar-refractivity contribution in [2.24, 2.45) is 0 Å². The molecule has 6 nitrogen and oxygen atoms in total. The van der Waals surface area contributed by atoms with E-state index in [0.717, 1.165) is 10.2 Å². The van der Waals surface area contributed by atoms with Crippen LogP contribution in [0.1, 0.15) is 0 Å². The summed E-state index contributed by atoms with van der Waals surface area (Å²) >= 11 is 6.41. The van der Waals surface area contributed by atoms with Crippen molar-refractivity contribution in [1.82, 2.24) is 4.45 Å². The van der Waals surface area contributed by atoms with Gasteiger partial charge in [0.25, 0.3) is 0 Å². The predicted octanol–water partition coefficient (Wildman–Crippen LogP) is 1.83. The van der Waals surface area contributed by atoms with Gasteiger partial charge in [0.15, 0.2) is 0 Å². The second-order valence-electron chi connectivity index (χ2n) is 2.31. The van der Waals surface area contributed by atoms with Crippen molar-refractivity contribution in [3.63, 3.8) is 0 Å². The Morgan fingerprint density at radius 3 is 2.00 bits per heavy atom. The first-order valence-electron chi connectivity index (χ1n) is 3.81. The van der Waals surface area contributed by atoms with E-state index in [-0.39, 0.29) is 0 Å². The lowest BCUT2D eigenvalue weighted by atomic mass is 10.3. The third-order valence-electron chi connectivity index (χ3n) is 1.24. The first-order chi connectivity index (χ1) is 7.49. The summed E-state index contributed by atoms with van der Waals surface area (Å²) < 4.78 is 3.69. The quantitative estimate of drug-likeness (QED) is 0.367. The van der Waals surface area contributed by atoms with E-state index in [2.05, 4.69) is 42.0 Å². The van der Waals surface area contributed by atoms with Crippen LogP contribution in [0.3, 0.4) is 0 Å². The average Bonchev–Trinajstić information content (AvgIpc) is 2.22. The summed E-state index contributed by atoms with van der Waals surface area (Å²) in [5.74, 6) is -3.65. The molecule has 1 rings (SSSR count). The molecule has 0 aliphatic carbocycles. The van der Waals surface area contributed by atoms with Gasteiger partial charge in [-0.3, -0.25) is 0 Å². The van der Waals surface area contributed by atoms with Crippen LogP contribution in [0, 0.1) is 0 Å². The van der Waals surface area contributed by atoms with Crippen molar-refractivity contribution < 1.29 is 19.8 Å². The number of anilines is 1. The topological polar surface area (TPSA) is 98.7 Å². The van der Waals surface area contributed by atoms with Crippen LogP contribution in [0.4, 0.5) is 5.69 Å². The maximum Gasteiger partial charge on any atom is 0.414 e. The van der Waals surface area contributed by atoms with Crippen LogP contribution < -0.4 is 9.88 Å². The largest absolute Gasteiger partial charge is 0.473 e. The molecule has 0 fully saturated rings. The number of halogens is 2. The minimum Gasteiger partial charge on any atom is -0.473 e. The van der Waals surface area contributed by atoms with Crippen LogP contribution in [0.2, 0.25) is 0 Å². The molecule has 0 aliphatic rings. The highest BCUT2D eigenvalue weighted by molar-refractivity contribution is 9.10. The number of rotatable bonds is 2. The molecule has 0 aliphatic heterocycles. The summed E-state index contributed by atoms with van der Waals surface area (Å²) in [5.41, 5.74) is 3.90. The molecule has 0 atom stereocenters. The van der Waals surface area contributed by atoms with Gasteiger partial charge in [-0.1, -0.05) is 12.1 Å². The molecule has 0 bridgehead atoms. The van der Waals surface area contributed by atoms with Crippen LogP contribution >= 0.6 is 32.1 Å². The molecular formula is C8H8Br2N2O4. The highest BCUT2D eigenvalue weighted by atomic mass is 79.9. The van der Waals surface area contributed by atoms with E-state index in [1.165, 1.54) is 0 Å². The SMILES string of the molecule is BrNNc1ccccc1Br.O=C(O)C(=O)O. The number of para-hydroxylation sites is 1. The van der Waals surface area contributed by atoms with E-state index < -0.39 is 11.9 Å². The Morgan fingerprint density at radius 2 is 1.62 bits per heavy atom. The minimum absolute atomic E-state index is 0.999. The fourth-order valence-electron chi connectivity index (χ4n) is 0.613. The van der Waals surface area contributed by atoms with Gasteiger partial charge in [0.05, 0.1) is 5.69 Å². The van der Waals surface area contributed by atoms with Crippen LogP contribution in [0.15, 0.2) is 28.7 Å². The minimum atomic E-state index is -1.82. The van der Waals surface area contributed by atoms with E-state index in [9.17, 15) is 0 Å². The third kappa shape index (κ3) is 6.38. The van der Waals surface area contributed by atoms with E-state index in [4.69, 9.17) is 19.8 Å². The molecular weight excluding hydrogens is 348 g/mol. The molecule has 88 valence electrons. The number of carboxylic acids is 2. The van der Waals surface area contributed by atoms with Gasteiger partial charge in [0, 0.05) is 20.6 Å². The second kappa shape index (κ2) is 8.08. The number of aliphatic carboxylic acids is 2. The summed E-state index contributed by atoms with van der Waals surface area (Å²) in [7, 11) is 0. The Kier molecular flexibility index (Phi) is 7.52. The summed E-state index contributed by atoms with van der Waals surface area (Å²) in [5, 5.41) is 14.8. The van der Waals surface area contributed by atoms with Gasteiger partial charge in [-0.2, -0.15) is 4.45 Å². The number of hydrogen-bond donors (Lipinski definition) is 4. The van der Waals surface area contributed by atoms with E-state index >= 15 is 0 Å². The van der Waals surface area contributed by atoms with Gasteiger partial charge >= 0.3 is 11.9 Å². The third-order valence-corrected chi connectivity index (χ3v) is 2.13. The molecule has 0 unspecified atom stereocenters. The number of carbonyl (C=O) groups is 2. The Hall–Kier alpha value is -1.12. The highest BCUT2D eigenvalue weighted by Crippen LogP contribution is 2.20. The number of hydrazine groups is 1. The van der Waals surface area contributed by atoms with E-state index in [1.54, 1.807) is 0 Å². The van der Waals surface area contributed by atoms with Gasteiger partial charge in [-0.05, 0) is 28.1 Å². The molecule has 0 heterocycles. The summed E-state index contributed by atoms with van der Waals surface area (Å²) in [6, 6.07) is 7.84. The Morgan fingerprint density at radius 1 is 1.12 bits per heavy atom. The fraction of sp³-hybridized carbons (Fsp3) is 0. The van der Waals surface area contributed by atoms with Crippen molar-refractivity contribution in [1.29, 1.82) is 0 Å². The molecule has 0 radical (unpaired) electrons. The molecule has 0 spiro atoms. The number of hydrogen-bond acceptors (Lipinski definition) is 4. The standard InChI is InChI=1S/C6H6Br2N2.C2H2O4/c7-5-3-1-2-4-6(5)9-10-8;3-1(4)2(5)6/h1-4,9-10H;(H,3,4)(H,5,6). The Bertz CT molecular complexity index is 361. The molecule has 1 aromatic rings. The fourth-order valence-corrected chi connectivity index (χ4v) is 1.21. The maximum atomic E-state index is 9.10. The van der Waals surface area contributed by atoms with E-state index in [0.29, 0.717) is 0 Å². The van der Waals surface area contributed by atoms with Gasteiger partial charge in [0.1, 0.15) is 0 Å². The number of carboxylic acid groups (broad SMARTS) is 2. The lowest BCUT2D eigenvalue weighted by Crippen LogP contribution is -2.09. The Balaban J connectivity index is 0.000000325. The monoisotopic (exact) mass is 354 g/mol. The zero-order valence-corrected chi connectivity index (χ0v) is 10.9. The van der Waals surface area contributed by atoms with Crippen molar-refractivity contribution in [3.05, 3.63) is 28.7 Å². The highest BCUT2D eigenvalue weighted by Gasteiger charge is 2.04. The molecule has 1 aromatic carbocycles. The van der Waals surface area contributed by atoms with Crippen molar-refractivity contribution in [2.45, 2.75) is 0 Å². The Labute approximate surface area is 108 Å². The normalized spacial score (nSPS) is 8.62. The number of benzene rings is 1. The van der Waals surface area contributed by atoms with Crippen LogP contribution in [0.5, 0.6) is 0 Å². The van der Waals surface area contributed by atoms with Crippen LogP contribution in [-0.2, 0) is 9.59 Å². The molecule has 8 heteroatoms. The second-order valence-corrected chi connectivity index (χ2v) is 3.56. The molecule has 0 aromatic heterocycles. The summed E-state index contributed by atoms with van der Waals surface area (Å²) in [6.45, 7) is 0. The molecule has 4 N–H and O–H groups in total. The maximum absolute atomic E-state index is 9.10. The van der Waals surface area contributed by atoms with Crippen LogP contribution in [-0.4, -0.2) is 22.2 Å². The molecule has 0 amide bonds. The first kappa shape index (κ1) is 14.9. The molecule has 16 heavy (non-hydrogen) atoms. The number of nitrogens with one attached hydrogen (secondary N) is 2. The zero-order valence-electron chi connectivity index (χ0n) is 7.78. The van der Waals surface area contributed by atoms with Gasteiger partial charge in [-0.25, -0.2) is 9.59 Å². The first-order valence-corrected chi connectivity index (χ1v) is 5.40. The van der Waals surface area contributed by atoms with Gasteiger partial charge in [0.2, 0.25) is 0 Å². The predicted molar refractivity (Wildman–Crippen MR) is 65.1 cm³/mol. The van der Waals surface area contributed by atoms with Crippen molar-refractivity contribution >= 4 is 49.7 Å². The van der Waals surface area contributed by atoms with Crippen molar-refractivity contribution in [2.75, 3.05) is 5.43 Å². The summed E-state index contributed by atoms with van der Waals surface area (Å²) in [4.78, 5) is 18.2. The van der Waals surface area contributed by atoms with Gasteiger partial charge < -0.3 is 15.6 Å². The van der Waals surface area contributed by atoms with Crippen LogP contribution in [0.25, 0.3) is 0 Å². The molecule has 0 saturated carbocycles.